The van der Waals surface area contributed by atoms with Gasteiger partial charge in [-0.25, -0.2) is 0 Å². The second kappa shape index (κ2) is 19.8. The molecule has 7 rings (SSSR count). The summed E-state index contributed by atoms with van der Waals surface area (Å²) in [6, 6.07) is 52.7. The van der Waals surface area contributed by atoms with Crippen molar-refractivity contribution in [3.63, 3.8) is 0 Å². The van der Waals surface area contributed by atoms with E-state index in [4.69, 9.17) is 0 Å². The average molecular weight is 919 g/mol. The zero-order valence-corrected chi connectivity index (χ0v) is 45.9. The number of hydrogen-bond acceptors (Lipinski definition) is 2. The Kier molecular flexibility index (Phi) is 14.8. The first-order valence-corrected chi connectivity index (χ1v) is 26.4. The highest BCUT2D eigenvalue weighted by Gasteiger charge is 2.31. The van der Waals surface area contributed by atoms with Crippen LogP contribution >= 0.6 is 0 Å². The topological polar surface area (TPSA) is 6.48 Å². The third-order valence-electron chi connectivity index (χ3n) is 15.2. The first kappa shape index (κ1) is 51.5. The molecule has 0 N–H and O–H groups in total. The van der Waals surface area contributed by atoms with Crippen molar-refractivity contribution in [2.75, 3.05) is 9.80 Å². The number of anilines is 6. The Bertz CT molecular complexity index is 2780. The molecule has 0 spiro atoms. The fraction of sp³-hybridized carbons (Fsp3) is 0.433. The molecule has 0 bridgehead atoms. The normalized spacial score (nSPS) is 12.9. The third-order valence-corrected chi connectivity index (χ3v) is 15.2. The highest BCUT2D eigenvalue weighted by molar-refractivity contribution is 6.23. The molecule has 69 heavy (non-hydrogen) atoms. The lowest BCUT2D eigenvalue weighted by Gasteiger charge is -2.35. The number of rotatable bonds is 15. The summed E-state index contributed by atoms with van der Waals surface area (Å²) < 4.78 is 0. The van der Waals surface area contributed by atoms with E-state index < -0.39 is 0 Å². The van der Waals surface area contributed by atoms with Crippen LogP contribution in [0.4, 0.5) is 34.1 Å². The number of benzene rings is 7. The van der Waals surface area contributed by atoms with Crippen molar-refractivity contribution in [2.24, 2.45) is 0 Å². The van der Waals surface area contributed by atoms with Gasteiger partial charge in [-0.3, -0.25) is 0 Å². The van der Waals surface area contributed by atoms with Gasteiger partial charge in [-0.05, 0) is 140 Å². The first-order chi connectivity index (χ1) is 32.4. The number of nitrogens with zero attached hydrogens (tertiary/aromatic N) is 2. The Morgan fingerprint density at radius 3 is 0.884 bits per heavy atom. The molecule has 0 radical (unpaired) electrons. The van der Waals surface area contributed by atoms with Gasteiger partial charge in [-0.1, -0.05) is 216 Å². The lowest BCUT2D eigenvalue weighted by molar-refractivity contribution is 0.458. The Morgan fingerprint density at radius 2 is 0.623 bits per heavy atom. The summed E-state index contributed by atoms with van der Waals surface area (Å²) in [7, 11) is 0. The van der Waals surface area contributed by atoms with Crippen LogP contribution in [0.25, 0.3) is 21.5 Å². The Balaban J connectivity index is 1.70. The summed E-state index contributed by atoms with van der Waals surface area (Å²) in [4.78, 5) is 5.16. The van der Waals surface area contributed by atoms with E-state index >= 15 is 0 Å². The summed E-state index contributed by atoms with van der Waals surface area (Å²) in [5, 5.41) is 5.00. The van der Waals surface area contributed by atoms with Crippen LogP contribution in [0.3, 0.4) is 0 Å². The maximum atomic E-state index is 2.58. The lowest BCUT2D eigenvalue weighted by atomic mass is 9.78. The molecule has 7 aromatic rings. The van der Waals surface area contributed by atoms with Gasteiger partial charge in [0.1, 0.15) is 0 Å². The van der Waals surface area contributed by atoms with Gasteiger partial charge < -0.3 is 9.80 Å². The molecule has 0 aliphatic rings. The van der Waals surface area contributed by atoms with Gasteiger partial charge in [0.15, 0.2) is 0 Å². The van der Waals surface area contributed by atoms with Crippen LogP contribution in [0.15, 0.2) is 133 Å². The zero-order valence-electron chi connectivity index (χ0n) is 45.9. The standard InChI is InChI=1S/C67H86N2/c1-18-20-42-66(14,15)51-31-41-58-59(44-51)61(68(53-32-22-47(23-33-53)46(3)4)54-34-24-48(25-35-54)63(5,6)7)57-40-30-52(67(16,17)43-21-19-2)45-60(57)62(58)69(55-36-26-49(27-37-55)64(8,9)10)56-38-28-50(29-39-56)65(11,12)13/h22-41,44-46H,18-21,42-43H2,1-17H3. The largest absolute Gasteiger partial charge is 0.309 e. The summed E-state index contributed by atoms with van der Waals surface area (Å²) in [5.41, 5.74) is 15.2. The van der Waals surface area contributed by atoms with Crippen molar-refractivity contribution in [3.05, 3.63) is 167 Å². The van der Waals surface area contributed by atoms with Crippen LogP contribution in [-0.2, 0) is 27.1 Å². The summed E-state index contributed by atoms with van der Waals surface area (Å²) in [6.45, 7) is 39.8. The van der Waals surface area contributed by atoms with Crippen LogP contribution in [0.5, 0.6) is 0 Å². The minimum absolute atomic E-state index is 0.0207. The van der Waals surface area contributed by atoms with Crippen molar-refractivity contribution in [2.45, 2.75) is 189 Å². The van der Waals surface area contributed by atoms with Gasteiger partial charge in [0.2, 0.25) is 0 Å². The SMILES string of the molecule is CCCCC(C)(C)c1ccc2c(N(c3ccc(C(C)(C)C)cc3)c3ccc(C(C)(C)C)cc3)c3cc(C(C)(C)CCCC)ccc3c(N(c3ccc(C(C)C)cc3)c3ccc(C(C)(C)C)cc3)c2c1. The highest BCUT2D eigenvalue weighted by atomic mass is 15.2. The van der Waals surface area contributed by atoms with Crippen molar-refractivity contribution in [1.29, 1.82) is 0 Å². The lowest BCUT2D eigenvalue weighted by Crippen LogP contribution is -2.19. The molecule has 0 atom stereocenters. The molecule has 2 heteroatoms. The molecule has 0 aliphatic carbocycles. The van der Waals surface area contributed by atoms with E-state index in [2.05, 4.69) is 261 Å². The van der Waals surface area contributed by atoms with Crippen LogP contribution < -0.4 is 9.80 Å². The number of hydrogen-bond donors (Lipinski definition) is 0. The maximum absolute atomic E-state index is 2.58. The van der Waals surface area contributed by atoms with E-state index in [9.17, 15) is 0 Å². The fourth-order valence-electron chi connectivity index (χ4n) is 10.2. The Hall–Kier alpha value is -5.34. The predicted octanol–water partition coefficient (Wildman–Crippen LogP) is 20.9. The van der Waals surface area contributed by atoms with Gasteiger partial charge in [-0.15, -0.1) is 0 Å². The molecule has 7 aromatic carbocycles. The van der Waals surface area contributed by atoms with E-state index in [0.717, 1.165) is 35.6 Å². The highest BCUT2D eigenvalue weighted by Crippen LogP contribution is 2.53. The molecular weight excluding hydrogens is 833 g/mol. The number of unbranched alkanes of at least 4 members (excludes halogenated alkanes) is 2. The second-order valence-electron chi connectivity index (χ2n) is 25.0. The molecule has 0 unspecified atom stereocenters. The van der Waals surface area contributed by atoms with Gasteiger partial charge in [0.25, 0.3) is 0 Å². The average Bonchev–Trinajstić information content (AvgIpc) is 3.30. The smallest absolute Gasteiger partial charge is 0.0620 e. The minimum atomic E-state index is -0.0214. The molecule has 364 valence electrons. The molecule has 2 nitrogen and oxygen atoms in total. The van der Waals surface area contributed by atoms with Crippen LogP contribution in [0.1, 0.15) is 196 Å². The van der Waals surface area contributed by atoms with E-state index in [1.807, 2.05) is 0 Å². The van der Waals surface area contributed by atoms with Gasteiger partial charge in [0.05, 0.1) is 11.4 Å². The minimum Gasteiger partial charge on any atom is -0.309 e. The summed E-state index contributed by atoms with van der Waals surface area (Å²) >= 11 is 0. The predicted molar refractivity (Wildman–Crippen MR) is 306 cm³/mol. The van der Waals surface area contributed by atoms with Gasteiger partial charge >= 0.3 is 0 Å². The maximum Gasteiger partial charge on any atom is 0.0620 e. The first-order valence-electron chi connectivity index (χ1n) is 26.4. The molecule has 0 saturated heterocycles. The van der Waals surface area contributed by atoms with E-state index in [1.54, 1.807) is 0 Å². The van der Waals surface area contributed by atoms with E-state index in [-0.39, 0.29) is 27.1 Å². The van der Waals surface area contributed by atoms with Crippen molar-refractivity contribution < 1.29 is 0 Å². The van der Waals surface area contributed by atoms with E-state index in [0.29, 0.717) is 5.92 Å². The van der Waals surface area contributed by atoms with Gasteiger partial charge in [0, 0.05) is 44.3 Å². The molecular formula is C67H86N2. The van der Waals surface area contributed by atoms with Crippen molar-refractivity contribution in [1.82, 2.24) is 0 Å². The molecule has 0 aromatic heterocycles. The fourth-order valence-corrected chi connectivity index (χ4v) is 10.2. The van der Waals surface area contributed by atoms with E-state index in [1.165, 1.54) is 92.0 Å². The monoisotopic (exact) mass is 919 g/mol. The summed E-state index contributed by atoms with van der Waals surface area (Å²) in [6.07, 6.45) is 6.98. The van der Waals surface area contributed by atoms with Crippen molar-refractivity contribution in [3.8, 4) is 0 Å². The number of fused-ring (bicyclic) bond motifs is 2. The Morgan fingerprint density at radius 1 is 0.348 bits per heavy atom. The molecule has 0 heterocycles. The Labute approximate surface area is 419 Å². The van der Waals surface area contributed by atoms with Gasteiger partial charge in [-0.2, -0.15) is 0 Å². The molecule has 0 fully saturated rings. The molecule has 0 amide bonds. The van der Waals surface area contributed by atoms with Crippen LogP contribution in [0, 0.1) is 0 Å². The quantitative estimate of drug-likeness (QED) is 0.0747. The molecule has 0 aliphatic heterocycles. The second-order valence-corrected chi connectivity index (χ2v) is 25.0. The van der Waals surface area contributed by atoms with Crippen molar-refractivity contribution >= 4 is 55.7 Å². The van der Waals surface area contributed by atoms with Crippen LogP contribution in [-0.4, -0.2) is 0 Å². The molecule has 0 saturated carbocycles. The summed E-state index contributed by atoms with van der Waals surface area (Å²) in [5.74, 6) is 0.433. The third kappa shape index (κ3) is 11.0. The zero-order chi connectivity index (χ0) is 50.3. The van der Waals surface area contributed by atoms with Crippen LogP contribution in [0.2, 0.25) is 0 Å².